The van der Waals surface area contributed by atoms with Crippen molar-refractivity contribution in [3.63, 3.8) is 0 Å². The molecular formula is C24H21N7O2. The number of nitrogens with one attached hydrogen (secondary N) is 2. The molecule has 2 aromatic carbocycles. The fourth-order valence-corrected chi connectivity index (χ4v) is 3.72. The van der Waals surface area contributed by atoms with Crippen LogP contribution in [0.4, 0.5) is 11.8 Å². The van der Waals surface area contributed by atoms with Crippen molar-refractivity contribution in [1.29, 1.82) is 0 Å². The lowest BCUT2D eigenvalue weighted by Crippen LogP contribution is -2.31. The fraction of sp³-hybridized carbons (Fsp3) is 0.125. The zero-order valence-electron chi connectivity index (χ0n) is 17.8. The van der Waals surface area contributed by atoms with Crippen LogP contribution in [-0.2, 0) is 11.4 Å². The topological polar surface area (TPSA) is 107 Å². The lowest BCUT2D eigenvalue weighted by molar-refractivity contribution is -0.113. The molecule has 1 amide bonds. The Bertz CT molecular complexity index is 1290. The van der Waals surface area contributed by atoms with Crippen LogP contribution in [-0.4, -0.2) is 31.1 Å². The van der Waals surface area contributed by atoms with E-state index >= 15 is 0 Å². The Morgan fingerprint density at radius 2 is 1.85 bits per heavy atom. The van der Waals surface area contributed by atoms with Gasteiger partial charge in [0, 0.05) is 11.9 Å². The van der Waals surface area contributed by atoms with Crippen molar-refractivity contribution in [3.8, 4) is 5.75 Å². The standard InChI is InChI=1S/C24H21N7O2/c1-16-21(23(32)27-20-9-5-6-14-25-20)22(31-24(26-16)28-29-30-31)18-10-12-19(13-11-18)33-15-17-7-3-2-4-8-17/h2-14,22H,15H2,1H3,(H,25,27,32)(H,26,28,30). The first-order valence-electron chi connectivity index (χ1n) is 10.4. The van der Waals surface area contributed by atoms with E-state index in [1.165, 1.54) is 0 Å². The Kier molecular flexibility index (Phi) is 5.50. The number of nitrogens with zero attached hydrogens (tertiary/aromatic N) is 5. The van der Waals surface area contributed by atoms with Gasteiger partial charge in [0.2, 0.25) is 5.95 Å². The maximum atomic E-state index is 13.3. The zero-order valence-corrected chi connectivity index (χ0v) is 17.8. The van der Waals surface area contributed by atoms with Gasteiger partial charge in [-0.25, -0.2) is 4.98 Å². The van der Waals surface area contributed by atoms with E-state index in [0.717, 1.165) is 16.9 Å². The second kappa shape index (κ2) is 8.91. The third-order valence-electron chi connectivity index (χ3n) is 5.31. The average Bonchev–Trinajstić information content (AvgIpc) is 3.31. The largest absolute Gasteiger partial charge is 0.489 e. The number of tetrazole rings is 1. The molecule has 9 nitrogen and oxygen atoms in total. The van der Waals surface area contributed by atoms with Gasteiger partial charge < -0.3 is 15.4 Å². The van der Waals surface area contributed by atoms with Gasteiger partial charge in [0.05, 0.1) is 5.57 Å². The van der Waals surface area contributed by atoms with E-state index in [9.17, 15) is 4.79 Å². The monoisotopic (exact) mass is 439 g/mol. The van der Waals surface area contributed by atoms with E-state index in [-0.39, 0.29) is 5.91 Å². The van der Waals surface area contributed by atoms with Crippen LogP contribution in [0.1, 0.15) is 24.1 Å². The molecule has 0 saturated heterocycles. The molecule has 0 spiro atoms. The minimum atomic E-state index is -0.511. The van der Waals surface area contributed by atoms with Gasteiger partial charge in [-0.3, -0.25) is 4.79 Å². The number of aromatic nitrogens is 5. The minimum Gasteiger partial charge on any atom is -0.489 e. The van der Waals surface area contributed by atoms with Gasteiger partial charge in [-0.05, 0) is 52.7 Å². The minimum absolute atomic E-state index is 0.283. The molecule has 1 atom stereocenters. The Labute approximate surface area is 190 Å². The molecule has 1 aliphatic heterocycles. The van der Waals surface area contributed by atoms with Crippen LogP contribution >= 0.6 is 0 Å². The lowest BCUT2D eigenvalue weighted by atomic mass is 9.95. The van der Waals surface area contributed by atoms with E-state index in [2.05, 4.69) is 31.1 Å². The number of ether oxygens (including phenoxy) is 1. The Morgan fingerprint density at radius 1 is 1.06 bits per heavy atom. The Balaban J connectivity index is 1.42. The van der Waals surface area contributed by atoms with Crippen molar-refractivity contribution in [1.82, 2.24) is 25.2 Å². The number of carbonyl (C=O) groups is 1. The van der Waals surface area contributed by atoms with Crippen LogP contribution in [0.3, 0.4) is 0 Å². The number of allylic oxidation sites excluding steroid dienone is 1. The van der Waals surface area contributed by atoms with Gasteiger partial charge in [0.15, 0.2) is 0 Å². The smallest absolute Gasteiger partial charge is 0.257 e. The SMILES string of the molecule is CC1=C(C(=O)Nc2ccccn2)C(c2ccc(OCc3ccccc3)cc2)n2nnnc2N1. The van der Waals surface area contributed by atoms with Crippen LogP contribution in [0.25, 0.3) is 0 Å². The second-order valence-electron chi connectivity index (χ2n) is 7.53. The summed E-state index contributed by atoms with van der Waals surface area (Å²) in [4.78, 5) is 17.5. The van der Waals surface area contributed by atoms with Gasteiger partial charge in [0.1, 0.15) is 24.2 Å². The molecule has 0 fully saturated rings. The number of fused-ring (bicyclic) bond motifs is 1. The van der Waals surface area contributed by atoms with E-state index in [0.29, 0.717) is 29.6 Å². The predicted molar refractivity (Wildman–Crippen MR) is 122 cm³/mol. The summed E-state index contributed by atoms with van der Waals surface area (Å²) in [6, 6.07) is 22.4. The van der Waals surface area contributed by atoms with E-state index in [1.807, 2.05) is 67.6 Å². The summed E-state index contributed by atoms with van der Waals surface area (Å²) >= 11 is 0. The summed E-state index contributed by atoms with van der Waals surface area (Å²) in [6.07, 6.45) is 1.63. The highest BCUT2D eigenvalue weighted by Gasteiger charge is 2.34. The molecule has 33 heavy (non-hydrogen) atoms. The van der Waals surface area contributed by atoms with Gasteiger partial charge in [-0.1, -0.05) is 53.6 Å². The molecule has 4 aromatic rings. The second-order valence-corrected chi connectivity index (χ2v) is 7.53. The fourth-order valence-electron chi connectivity index (χ4n) is 3.72. The summed E-state index contributed by atoms with van der Waals surface area (Å²) < 4.78 is 7.50. The number of rotatable bonds is 6. The molecule has 1 aliphatic rings. The molecule has 2 N–H and O–H groups in total. The van der Waals surface area contributed by atoms with Crippen molar-refractivity contribution < 1.29 is 9.53 Å². The third-order valence-corrected chi connectivity index (χ3v) is 5.31. The van der Waals surface area contributed by atoms with Crippen molar-refractivity contribution >= 4 is 17.7 Å². The van der Waals surface area contributed by atoms with Crippen LogP contribution in [0.5, 0.6) is 5.75 Å². The van der Waals surface area contributed by atoms with Gasteiger partial charge >= 0.3 is 0 Å². The van der Waals surface area contributed by atoms with Crippen LogP contribution in [0.2, 0.25) is 0 Å². The number of pyridine rings is 1. The van der Waals surface area contributed by atoms with Gasteiger partial charge in [-0.2, -0.15) is 4.68 Å². The van der Waals surface area contributed by atoms with E-state index < -0.39 is 6.04 Å². The number of anilines is 2. The number of hydrogen-bond acceptors (Lipinski definition) is 7. The molecule has 0 aliphatic carbocycles. The quantitative estimate of drug-likeness (QED) is 0.473. The molecule has 0 bridgehead atoms. The van der Waals surface area contributed by atoms with Crippen molar-refractivity contribution in [2.24, 2.45) is 0 Å². The van der Waals surface area contributed by atoms with Crippen LogP contribution < -0.4 is 15.4 Å². The molecule has 3 heterocycles. The van der Waals surface area contributed by atoms with E-state index in [1.54, 1.807) is 23.0 Å². The molecule has 9 heteroatoms. The maximum absolute atomic E-state index is 13.3. The highest BCUT2D eigenvalue weighted by molar-refractivity contribution is 6.05. The number of benzene rings is 2. The maximum Gasteiger partial charge on any atom is 0.257 e. The van der Waals surface area contributed by atoms with Crippen molar-refractivity contribution in [2.45, 2.75) is 19.6 Å². The van der Waals surface area contributed by atoms with Crippen molar-refractivity contribution in [3.05, 3.63) is 101 Å². The molecule has 164 valence electrons. The lowest BCUT2D eigenvalue weighted by Gasteiger charge is -2.28. The summed E-state index contributed by atoms with van der Waals surface area (Å²) in [5.74, 6) is 1.38. The zero-order chi connectivity index (χ0) is 22.6. The van der Waals surface area contributed by atoms with Gasteiger partial charge in [-0.15, -0.1) is 0 Å². The molecule has 0 radical (unpaired) electrons. The molecule has 1 unspecified atom stereocenters. The van der Waals surface area contributed by atoms with Crippen LogP contribution in [0.15, 0.2) is 90.3 Å². The first-order chi connectivity index (χ1) is 16.2. The normalized spacial score (nSPS) is 14.9. The molecule has 2 aromatic heterocycles. The van der Waals surface area contributed by atoms with E-state index in [4.69, 9.17) is 4.74 Å². The number of carbonyl (C=O) groups excluding carboxylic acids is 1. The number of hydrogen-bond donors (Lipinski definition) is 2. The first kappa shape index (κ1) is 20.4. The Hall–Kier alpha value is -4.53. The summed E-state index contributed by atoms with van der Waals surface area (Å²) in [5, 5.41) is 17.9. The average molecular weight is 439 g/mol. The summed E-state index contributed by atoms with van der Waals surface area (Å²) in [7, 11) is 0. The first-order valence-corrected chi connectivity index (χ1v) is 10.4. The Morgan fingerprint density at radius 3 is 2.61 bits per heavy atom. The molecule has 0 saturated carbocycles. The predicted octanol–water partition coefficient (Wildman–Crippen LogP) is 3.57. The summed E-state index contributed by atoms with van der Waals surface area (Å²) in [5.41, 5.74) is 3.10. The summed E-state index contributed by atoms with van der Waals surface area (Å²) in [6.45, 7) is 2.30. The van der Waals surface area contributed by atoms with Crippen molar-refractivity contribution in [2.75, 3.05) is 10.6 Å². The third kappa shape index (κ3) is 4.29. The highest BCUT2D eigenvalue weighted by atomic mass is 16.5. The highest BCUT2D eigenvalue weighted by Crippen LogP contribution is 2.35. The molecule has 5 rings (SSSR count). The van der Waals surface area contributed by atoms with Gasteiger partial charge in [0.25, 0.3) is 5.91 Å². The van der Waals surface area contributed by atoms with Crippen LogP contribution in [0, 0.1) is 0 Å². The number of amides is 1. The molecular weight excluding hydrogens is 418 g/mol.